The smallest absolute Gasteiger partial charge is 0.227 e. The van der Waals surface area contributed by atoms with E-state index in [4.69, 9.17) is 4.42 Å². The molecule has 3 aromatic heterocycles. The molecule has 0 radical (unpaired) electrons. The van der Waals surface area contributed by atoms with Crippen LogP contribution in [0.3, 0.4) is 0 Å². The largest absolute Gasteiger partial charge is 0.441 e. The quantitative estimate of drug-likeness (QED) is 0.680. The molecular formula is C16H19N3OS2. The first-order chi connectivity index (χ1) is 10.5. The summed E-state index contributed by atoms with van der Waals surface area (Å²) in [7, 11) is 2.10. The maximum Gasteiger partial charge on any atom is 0.227 e. The number of aryl methyl sites for hydroxylation is 2. The first-order valence-corrected chi connectivity index (χ1v) is 8.98. The number of nitrogens with zero attached hydrogens (tertiary/aromatic N) is 3. The van der Waals surface area contributed by atoms with Gasteiger partial charge in [0.1, 0.15) is 10.8 Å². The van der Waals surface area contributed by atoms with Gasteiger partial charge in [-0.05, 0) is 39.3 Å². The van der Waals surface area contributed by atoms with E-state index in [2.05, 4.69) is 39.6 Å². The normalized spacial score (nSPS) is 13.0. The molecule has 0 aliphatic heterocycles. The van der Waals surface area contributed by atoms with E-state index < -0.39 is 0 Å². The average molecular weight is 333 g/mol. The van der Waals surface area contributed by atoms with Crippen molar-refractivity contribution in [3.63, 3.8) is 0 Å². The van der Waals surface area contributed by atoms with Crippen molar-refractivity contribution in [1.29, 1.82) is 0 Å². The molecule has 0 aliphatic rings. The number of oxazole rings is 1. The first-order valence-electron chi connectivity index (χ1n) is 7.15. The van der Waals surface area contributed by atoms with Crippen LogP contribution in [0.15, 0.2) is 26.6 Å². The third-order valence-corrected chi connectivity index (χ3v) is 5.53. The topological polar surface area (TPSA) is 42.2 Å². The summed E-state index contributed by atoms with van der Waals surface area (Å²) in [5, 5.41) is 7.32. The Labute approximate surface area is 138 Å². The minimum atomic E-state index is 0.263. The Morgan fingerprint density at radius 1 is 1.27 bits per heavy atom. The van der Waals surface area contributed by atoms with Crippen molar-refractivity contribution in [2.75, 3.05) is 7.05 Å². The standard InChI is InChI=1S/C16H19N3OS2/c1-10-8-22-16(17-10)11(2)19(4)7-14-12(3)20-15(18-14)13-5-6-21-9-13/h5-6,8-9,11H,7H2,1-4H3/t11-/m1/s1. The lowest BCUT2D eigenvalue weighted by atomic mass is 10.2. The van der Waals surface area contributed by atoms with E-state index in [1.54, 1.807) is 22.7 Å². The van der Waals surface area contributed by atoms with Gasteiger partial charge in [-0.1, -0.05) is 0 Å². The Kier molecular flexibility index (Phi) is 4.42. The van der Waals surface area contributed by atoms with E-state index in [-0.39, 0.29) is 6.04 Å². The van der Waals surface area contributed by atoms with E-state index in [1.165, 1.54) is 0 Å². The second kappa shape index (κ2) is 6.32. The van der Waals surface area contributed by atoms with E-state index in [0.29, 0.717) is 5.89 Å². The molecule has 0 unspecified atom stereocenters. The zero-order valence-electron chi connectivity index (χ0n) is 13.2. The van der Waals surface area contributed by atoms with Crippen molar-refractivity contribution < 1.29 is 4.42 Å². The monoisotopic (exact) mass is 333 g/mol. The second-order valence-corrected chi connectivity index (χ2v) is 7.12. The van der Waals surface area contributed by atoms with Crippen LogP contribution in [0.2, 0.25) is 0 Å². The summed E-state index contributed by atoms with van der Waals surface area (Å²) in [6, 6.07) is 2.30. The van der Waals surface area contributed by atoms with Gasteiger partial charge < -0.3 is 4.42 Å². The van der Waals surface area contributed by atoms with Gasteiger partial charge in [0, 0.05) is 28.6 Å². The van der Waals surface area contributed by atoms with Crippen molar-refractivity contribution in [1.82, 2.24) is 14.9 Å². The van der Waals surface area contributed by atoms with E-state index in [9.17, 15) is 0 Å². The Morgan fingerprint density at radius 2 is 2.09 bits per heavy atom. The van der Waals surface area contributed by atoms with Crippen molar-refractivity contribution in [2.24, 2.45) is 0 Å². The predicted molar refractivity (Wildman–Crippen MR) is 91.3 cm³/mol. The van der Waals surface area contributed by atoms with Crippen LogP contribution in [0.4, 0.5) is 0 Å². The Morgan fingerprint density at radius 3 is 2.73 bits per heavy atom. The SMILES string of the molecule is Cc1csc([C@@H](C)N(C)Cc2nc(-c3ccsc3)oc2C)n1. The predicted octanol–water partition coefficient (Wildman–Crippen LogP) is 4.67. The van der Waals surface area contributed by atoms with Gasteiger partial charge in [0.05, 0.1) is 11.7 Å². The van der Waals surface area contributed by atoms with Crippen molar-refractivity contribution >= 4 is 22.7 Å². The molecule has 0 bridgehead atoms. The summed E-state index contributed by atoms with van der Waals surface area (Å²) < 4.78 is 5.81. The van der Waals surface area contributed by atoms with Crippen LogP contribution in [0.5, 0.6) is 0 Å². The summed E-state index contributed by atoms with van der Waals surface area (Å²) in [6.45, 7) is 6.93. The van der Waals surface area contributed by atoms with Crippen LogP contribution in [0.25, 0.3) is 11.5 Å². The lowest BCUT2D eigenvalue weighted by Crippen LogP contribution is -2.22. The molecule has 4 nitrogen and oxygen atoms in total. The van der Waals surface area contributed by atoms with Crippen molar-refractivity contribution in [2.45, 2.75) is 33.4 Å². The summed E-state index contributed by atoms with van der Waals surface area (Å²) in [5.41, 5.74) is 3.12. The summed E-state index contributed by atoms with van der Waals surface area (Å²) in [5.74, 6) is 1.59. The van der Waals surface area contributed by atoms with Crippen LogP contribution < -0.4 is 0 Å². The average Bonchev–Trinajstić information content (AvgIpc) is 3.20. The molecule has 0 fully saturated rings. The summed E-state index contributed by atoms with van der Waals surface area (Å²) >= 11 is 3.36. The summed E-state index contributed by atoms with van der Waals surface area (Å²) in [4.78, 5) is 11.5. The van der Waals surface area contributed by atoms with Gasteiger partial charge >= 0.3 is 0 Å². The highest BCUT2D eigenvalue weighted by atomic mass is 32.1. The molecule has 1 atom stereocenters. The maximum atomic E-state index is 5.81. The van der Waals surface area contributed by atoms with E-state index in [1.807, 2.05) is 25.3 Å². The number of rotatable bonds is 5. The van der Waals surface area contributed by atoms with Crippen molar-refractivity contribution in [3.05, 3.63) is 44.4 Å². The van der Waals surface area contributed by atoms with Gasteiger partial charge in [-0.25, -0.2) is 9.97 Å². The van der Waals surface area contributed by atoms with Crippen LogP contribution in [0.1, 0.15) is 35.1 Å². The molecule has 6 heteroatoms. The molecule has 22 heavy (non-hydrogen) atoms. The second-order valence-electron chi connectivity index (χ2n) is 5.45. The van der Waals surface area contributed by atoms with Crippen molar-refractivity contribution in [3.8, 4) is 11.5 Å². The third-order valence-electron chi connectivity index (χ3n) is 3.72. The number of hydrogen-bond acceptors (Lipinski definition) is 6. The zero-order chi connectivity index (χ0) is 15.7. The van der Waals surface area contributed by atoms with Gasteiger partial charge in [0.2, 0.25) is 5.89 Å². The number of thiophene rings is 1. The number of aromatic nitrogens is 2. The summed E-state index contributed by atoms with van der Waals surface area (Å²) in [6.07, 6.45) is 0. The molecule has 3 heterocycles. The Bertz CT molecular complexity index is 745. The highest BCUT2D eigenvalue weighted by Gasteiger charge is 2.19. The molecular weight excluding hydrogens is 314 g/mol. The highest BCUT2D eigenvalue weighted by Crippen LogP contribution is 2.27. The maximum absolute atomic E-state index is 5.81. The molecule has 0 saturated carbocycles. The fourth-order valence-electron chi connectivity index (χ4n) is 2.21. The van der Waals surface area contributed by atoms with Crippen LogP contribution in [-0.2, 0) is 6.54 Å². The highest BCUT2D eigenvalue weighted by molar-refractivity contribution is 7.09. The molecule has 3 aromatic rings. The van der Waals surface area contributed by atoms with Gasteiger partial charge in [0.25, 0.3) is 0 Å². The van der Waals surface area contributed by atoms with Gasteiger partial charge in [-0.3, -0.25) is 4.90 Å². The third kappa shape index (κ3) is 3.14. The Hall–Kier alpha value is -1.50. The molecule has 0 saturated heterocycles. The molecule has 0 amide bonds. The molecule has 0 aromatic carbocycles. The van der Waals surface area contributed by atoms with Crippen LogP contribution >= 0.6 is 22.7 Å². The molecule has 0 N–H and O–H groups in total. The molecule has 0 spiro atoms. The van der Waals surface area contributed by atoms with Gasteiger partial charge in [-0.2, -0.15) is 11.3 Å². The van der Waals surface area contributed by atoms with E-state index >= 15 is 0 Å². The fourth-order valence-corrected chi connectivity index (χ4v) is 3.76. The fraction of sp³-hybridized carbons (Fsp3) is 0.375. The van der Waals surface area contributed by atoms with Gasteiger partial charge in [0.15, 0.2) is 0 Å². The molecule has 116 valence electrons. The van der Waals surface area contributed by atoms with E-state index in [0.717, 1.165) is 34.3 Å². The zero-order valence-corrected chi connectivity index (χ0v) is 14.8. The minimum Gasteiger partial charge on any atom is -0.441 e. The minimum absolute atomic E-state index is 0.263. The lowest BCUT2D eigenvalue weighted by Gasteiger charge is -2.21. The van der Waals surface area contributed by atoms with Crippen LogP contribution in [-0.4, -0.2) is 21.9 Å². The first kappa shape index (κ1) is 15.4. The van der Waals surface area contributed by atoms with Gasteiger partial charge in [-0.15, -0.1) is 11.3 Å². The Balaban J connectivity index is 1.75. The molecule has 3 rings (SSSR count). The van der Waals surface area contributed by atoms with Crippen LogP contribution in [0, 0.1) is 13.8 Å². The molecule has 0 aliphatic carbocycles. The number of thiazole rings is 1. The lowest BCUT2D eigenvalue weighted by molar-refractivity contribution is 0.248. The number of hydrogen-bond donors (Lipinski definition) is 0.